The van der Waals surface area contributed by atoms with Crippen molar-refractivity contribution in [2.75, 3.05) is 19.0 Å². The van der Waals surface area contributed by atoms with Crippen LogP contribution in [0.4, 0.5) is 10.1 Å². The molecule has 6 atom stereocenters. The number of nitrogens with two attached hydrogens (primary N) is 1. The van der Waals surface area contributed by atoms with Crippen molar-refractivity contribution >= 4 is 34.7 Å². The van der Waals surface area contributed by atoms with Crippen LogP contribution in [0.25, 0.3) is 0 Å². The van der Waals surface area contributed by atoms with Gasteiger partial charge in [-0.25, -0.2) is 4.39 Å². The van der Waals surface area contributed by atoms with E-state index in [1.54, 1.807) is 20.0 Å². The Morgan fingerprint density at radius 3 is 2.54 bits per heavy atom. The molecule has 0 bridgehead atoms. The van der Waals surface area contributed by atoms with Crippen molar-refractivity contribution in [3.05, 3.63) is 22.8 Å². The van der Waals surface area contributed by atoms with E-state index in [9.17, 15) is 38.6 Å². The van der Waals surface area contributed by atoms with Crippen LogP contribution in [0.3, 0.4) is 0 Å². The van der Waals surface area contributed by atoms with Gasteiger partial charge in [0.2, 0.25) is 5.91 Å². The number of ketones is 4. The highest BCUT2D eigenvalue weighted by molar-refractivity contribution is 6.31. The first-order chi connectivity index (χ1) is 16.5. The lowest BCUT2D eigenvalue weighted by atomic mass is 9.53. The SMILES string of the molecule is CNc1cc(CNC(C)CF)c(O)c2c1C[C@H]1C[C@H]3CC(=O)C(C(N)=O)C(=O)[C@@]3(O)C(=O)C1C2=O. The average Bonchev–Trinajstić information content (AvgIpc) is 2.80. The van der Waals surface area contributed by atoms with E-state index in [1.165, 1.54) is 0 Å². The fourth-order valence-electron chi connectivity index (χ4n) is 5.79. The highest BCUT2D eigenvalue weighted by Gasteiger charge is 2.66. The molecule has 0 radical (unpaired) electrons. The second kappa shape index (κ2) is 8.80. The quantitative estimate of drug-likeness (QED) is 0.268. The zero-order valence-electron chi connectivity index (χ0n) is 19.4. The molecule has 3 aliphatic rings. The fourth-order valence-corrected chi connectivity index (χ4v) is 5.79. The number of primary amides is 1. The summed E-state index contributed by atoms with van der Waals surface area (Å²) in [6.45, 7) is 1.04. The smallest absolute Gasteiger partial charge is 0.235 e. The Bertz CT molecular complexity index is 1150. The highest BCUT2D eigenvalue weighted by atomic mass is 19.1. The summed E-state index contributed by atoms with van der Waals surface area (Å²) in [7, 11) is 1.64. The lowest BCUT2D eigenvalue weighted by molar-refractivity contribution is -0.175. The molecule has 0 aliphatic heterocycles. The van der Waals surface area contributed by atoms with E-state index in [0.717, 1.165) is 0 Å². The minimum atomic E-state index is -2.68. The Labute approximate surface area is 200 Å². The lowest BCUT2D eigenvalue weighted by Gasteiger charge is -2.48. The summed E-state index contributed by atoms with van der Waals surface area (Å²) in [5, 5.41) is 28.1. The zero-order valence-corrected chi connectivity index (χ0v) is 19.4. The molecular weight excluding hydrogens is 461 g/mol. The summed E-state index contributed by atoms with van der Waals surface area (Å²) < 4.78 is 12.9. The van der Waals surface area contributed by atoms with Gasteiger partial charge in [0.25, 0.3) is 0 Å². The number of Topliss-reactive ketones (excluding diaryl/α,β-unsaturated/α-hetero) is 4. The number of nitrogens with one attached hydrogen (secondary N) is 2. The number of hydrogen-bond acceptors (Lipinski definition) is 9. The van der Waals surface area contributed by atoms with Crippen molar-refractivity contribution in [3.8, 4) is 5.75 Å². The maximum Gasteiger partial charge on any atom is 0.235 e. The van der Waals surface area contributed by atoms with Gasteiger partial charge in [0.15, 0.2) is 34.7 Å². The number of aliphatic hydroxyl groups is 1. The van der Waals surface area contributed by atoms with Gasteiger partial charge >= 0.3 is 0 Å². The number of aromatic hydroxyl groups is 1. The maximum atomic E-state index is 13.6. The van der Waals surface area contributed by atoms with Gasteiger partial charge in [-0.05, 0) is 37.3 Å². The molecule has 1 amide bonds. The van der Waals surface area contributed by atoms with Crippen LogP contribution < -0.4 is 16.4 Å². The summed E-state index contributed by atoms with van der Waals surface area (Å²) >= 11 is 0. The number of alkyl halides is 1. The maximum absolute atomic E-state index is 13.6. The monoisotopic (exact) mass is 489 g/mol. The Balaban J connectivity index is 1.77. The second-order valence-corrected chi connectivity index (χ2v) is 9.71. The molecule has 0 spiro atoms. The third kappa shape index (κ3) is 3.64. The van der Waals surface area contributed by atoms with Gasteiger partial charge in [0, 0.05) is 43.2 Å². The molecule has 11 heteroatoms. The molecule has 10 nitrogen and oxygen atoms in total. The Morgan fingerprint density at radius 2 is 1.94 bits per heavy atom. The van der Waals surface area contributed by atoms with E-state index in [0.29, 0.717) is 16.8 Å². The van der Waals surface area contributed by atoms with Crippen molar-refractivity contribution in [1.82, 2.24) is 5.32 Å². The third-order valence-corrected chi connectivity index (χ3v) is 7.62. The van der Waals surface area contributed by atoms with Crippen LogP contribution in [-0.2, 0) is 32.1 Å². The topological polar surface area (TPSA) is 176 Å². The standard InChI is InChI=1S/C24H28FN3O7/c1-9(7-25)28-8-11-5-14(27-2)13-4-10-3-12-6-15(29)18(23(26)34)22(33)24(12,35)21(32)16(10)20(31)17(13)19(11)30/h5,9-10,12,16,18,27-28,30,35H,3-4,6-8H2,1-2H3,(H2,26,34)/t9?,10-,12+,16?,18?,24+/m1/s1. The molecule has 3 unspecified atom stereocenters. The predicted molar refractivity (Wildman–Crippen MR) is 120 cm³/mol. The van der Waals surface area contributed by atoms with Crippen molar-refractivity contribution < 1.29 is 38.6 Å². The fraction of sp³-hybridized carbons (Fsp3) is 0.542. The number of carbonyl (C=O) groups excluding carboxylic acids is 5. The molecule has 0 aromatic heterocycles. The summed E-state index contributed by atoms with van der Waals surface area (Å²) in [4.78, 5) is 64.2. The van der Waals surface area contributed by atoms with Crippen LogP contribution in [0.2, 0.25) is 0 Å². The Hall–Kier alpha value is -3.18. The number of phenolic OH excluding ortho intramolecular Hbond substituents is 1. The van der Waals surface area contributed by atoms with Gasteiger partial charge in [0.05, 0.1) is 11.5 Å². The largest absolute Gasteiger partial charge is 0.507 e. The van der Waals surface area contributed by atoms with Crippen LogP contribution in [-0.4, -0.2) is 64.6 Å². The van der Waals surface area contributed by atoms with E-state index < -0.39 is 71.0 Å². The van der Waals surface area contributed by atoms with Crippen molar-refractivity contribution in [1.29, 1.82) is 0 Å². The number of hydrogen-bond donors (Lipinski definition) is 5. The van der Waals surface area contributed by atoms with Crippen molar-refractivity contribution in [3.63, 3.8) is 0 Å². The normalized spacial score (nSPS) is 30.9. The van der Waals surface area contributed by atoms with Gasteiger partial charge in [0.1, 0.15) is 12.4 Å². The number of halogens is 1. The van der Waals surface area contributed by atoms with Gasteiger partial charge in [-0.15, -0.1) is 0 Å². The molecule has 188 valence electrons. The number of phenols is 1. The second-order valence-electron chi connectivity index (χ2n) is 9.71. The lowest BCUT2D eigenvalue weighted by Crippen LogP contribution is -2.68. The molecule has 4 rings (SSSR count). The summed E-state index contributed by atoms with van der Waals surface area (Å²) in [5.74, 6) is -10.5. The van der Waals surface area contributed by atoms with Crippen LogP contribution in [0, 0.1) is 23.7 Å². The minimum Gasteiger partial charge on any atom is -0.507 e. The third-order valence-electron chi connectivity index (χ3n) is 7.62. The first-order valence-electron chi connectivity index (χ1n) is 11.5. The zero-order chi connectivity index (χ0) is 25.8. The van der Waals surface area contributed by atoms with Crippen LogP contribution in [0.15, 0.2) is 6.07 Å². The first kappa shape index (κ1) is 24.9. The number of rotatable bonds is 6. The molecular formula is C24H28FN3O7. The molecule has 2 saturated carbocycles. The number of amides is 1. The number of benzene rings is 1. The summed E-state index contributed by atoms with van der Waals surface area (Å²) in [6.07, 6.45) is -0.167. The summed E-state index contributed by atoms with van der Waals surface area (Å²) in [6, 6.07) is 1.15. The first-order valence-corrected chi connectivity index (χ1v) is 11.5. The van der Waals surface area contributed by atoms with Crippen LogP contribution in [0.5, 0.6) is 5.75 Å². The molecule has 35 heavy (non-hydrogen) atoms. The Morgan fingerprint density at radius 1 is 1.26 bits per heavy atom. The molecule has 6 N–H and O–H groups in total. The van der Waals surface area contributed by atoms with Gasteiger partial charge in [-0.3, -0.25) is 24.0 Å². The summed E-state index contributed by atoms with van der Waals surface area (Å²) in [5.41, 5.74) is 3.76. The number of anilines is 1. The highest BCUT2D eigenvalue weighted by Crippen LogP contribution is 2.51. The Kier molecular flexibility index (Phi) is 6.26. The van der Waals surface area contributed by atoms with Gasteiger partial charge in [-0.1, -0.05) is 0 Å². The number of fused-ring (bicyclic) bond motifs is 3. The predicted octanol–water partition coefficient (Wildman–Crippen LogP) is -0.184. The van der Waals surface area contributed by atoms with E-state index in [4.69, 9.17) is 5.73 Å². The molecule has 3 aliphatic carbocycles. The van der Waals surface area contributed by atoms with Gasteiger partial charge < -0.3 is 26.6 Å². The van der Waals surface area contributed by atoms with Crippen LogP contribution in [0.1, 0.15) is 41.3 Å². The van der Waals surface area contributed by atoms with E-state index in [1.807, 2.05) is 0 Å². The van der Waals surface area contributed by atoms with Gasteiger partial charge in [-0.2, -0.15) is 0 Å². The average molecular weight is 490 g/mol. The number of carbonyl (C=O) groups is 5. The van der Waals surface area contributed by atoms with E-state index in [2.05, 4.69) is 10.6 Å². The van der Waals surface area contributed by atoms with Crippen molar-refractivity contribution in [2.45, 2.75) is 44.4 Å². The molecule has 1 aromatic carbocycles. The molecule has 0 heterocycles. The van der Waals surface area contributed by atoms with E-state index >= 15 is 0 Å². The molecule has 0 saturated heterocycles. The molecule has 1 aromatic rings. The van der Waals surface area contributed by atoms with Crippen molar-refractivity contribution in [2.24, 2.45) is 29.4 Å². The minimum absolute atomic E-state index is 0.0300. The van der Waals surface area contributed by atoms with E-state index in [-0.39, 0.29) is 37.1 Å². The molecule has 2 fully saturated rings. The van der Waals surface area contributed by atoms with Crippen LogP contribution >= 0.6 is 0 Å².